The van der Waals surface area contributed by atoms with Crippen LogP contribution in [0.15, 0.2) is 0 Å². The molecule has 8 heteroatoms. The minimum atomic E-state index is -4.74. The lowest BCUT2D eigenvalue weighted by Crippen LogP contribution is -2.21. The fourth-order valence-corrected chi connectivity index (χ4v) is 2.94. The summed E-state index contributed by atoms with van der Waals surface area (Å²) in [5.41, 5.74) is -1.31. The highest BCUT2D eigenvalue weighted by Crippen LogP contribution is 2.35. The van der Waals surface area contributed by atoms with Crippen molar-refractivity contribution in [3.63, 3.8) is 0 Å². The summed E-state index contributed by atoms with van der Waals surface area (Å²) in [5, 5.41) is 8.95. The molecule has 0 aromatic carbocycles. The number of carboxylic acids is 1. The van der Waals surface area contributed by atoms with E-state index in [1.165, 1.54) is 0 Å². The second-order valence-corrected chi connectivity index (χ2v) is 5.36. The molecule has 1 aliphatic heterocycles. The monoisotopic (exact) mass is 295 g/mol. The summed E-state index contributed by atoms with van der Waals surface area (Å²) >= 11 is 0.577. The number of aromatic nitrogens is 1. The molecule has 1 atom stereocenters. The summed E-state index contributed by atoms with van der Waals surface area (Å²) in [5.74, 6) is -1.60. The average Bonchev–Trinajstić information content (AvgIpc) is 2.74. The van der Waals surface area contributed by atoms with Gasteiger partial charge in [-0.25, -0.2) is 9.78 Å². The van der Waals surface area contributed by atoms with Crippen LogP contribution in [0.4, 0.5) is 13.2 Å². The normalized spacial score (nSPS) is 20.5. The van der Waals surface area contributed by atoms with Crippen molar-refractivity contribution in [3.05, 3.63) is 15.6 Å². The predicted octanol–water partition coefficient (Wildman–Crippen LogP) is 2.97. The van der Waals surface area contributed by atoms with Crippen LogP contribution in [0.1, 0.15) is 39.6 Å². The maximum atomic E-state index is 12.7. The van der Waals surface area contributed by atoms with Crippen molar-refractivity contribution in [2.24, 2.45) is 0 Å². The van der Waals surface area contributed by atoms with Crippen LogP contribution in [-0.4, -0.2) is 28.8 Å². The first kappa shape index (κ1) is 14.3. The Balaban J connectivity index is 2.20. The van der Waals surface area contributed by atoms with Crippen LogP contribution < -0.4 is 0 Å². The second-order valence-electron chi connectivity index (χ2n) is 4.28. The van der Waals surface area contributed by atoms with Gasteiger partial charge in [0.05, 0.1) is 11.1 Å². The number of aromatic carboxylic acids is 1. The zero-order valence-corrected chi connectivity index (χ0v) is 10.7. The molecule has 1 saturated heterocycles. The molecule has 1 N–H and O–H groups in total. The molecule has 0 aliphatic carbocycles. The summed E-state index contributed by atoms with van der Waals surface area (Å²) < 4.78 is 43.4. The molecule has 2 heterocycles. The largest absolute Gasteiger partial charge is 0.477 e. The zero-order valence-electron chi connectivity index (χ0n) is 9.87. The Bertz CT molecular complexity index is 466. The van der Waals surface area contributed by atoms with Crippen molar-refractivity contribution in [1.29, 1.82) is 0 Å². The van der Waals surface area contributed by atoms with Crippen molar-refractivity contribution in [3.8, 4) is 0 Å². The lowest BCUT2D eigenvalue weighted by Gasteiger charge is -2.21. The predicted molar refractivity (Wildman–Crippen MR) is 61.4 cm³/mol. The lowest BCUT2D eigenvalue weighted by molar-refractivity contribution is -0.141. The molecule has 0 saturated carbocycles. The van der Waals surface area contributed by atoms with Crippen molar-refractivity contribution in [2.75, 3.05) is 6.61 Å². The molecule has 19 heavy (non-hydrogen) atoms. The van der Waals surface area contributed by atoms with E-state index >= 15 is 0 Å². The summed E-state index contributed by atoms with van der Waals surface area (Å²) in [6.07, 6.45) is -1.99. The third-order valence-corrected chi connectivity index (χ3v) is 3.88. The number of rotatable bonds is 3. The van der Waals surface area contributed by atoms with Crippen LogP contribution in [-0.2, 0) is 17.3 Å². The van der Waals surface area contributed by atoms with Gasteiger partial charge >= 0.3 is 12.1 Å². The molecular formula is C11H12F3NO3S. The summed E-state index contributed by atoms with van der Waals surface area (Å²) in [7, 11) is 0. The number of carbonyl (C=O) groups is 1. The third-order valence-electron chi connectivity index (χ3n) is 2.81. The molecule has 1 aromatic heterocycles. The van der Waals surface area contributed by atoms with Gasteiger partial charge in [0, 0.05) is 13.0 Å². The number of thiazole rings is 1. The molecule has 0 radical (unpaired) electrons. The summed E-state index contributed by atoms with van der Waals surface area (Å²) in [6, 6.07) is 0. The van der Waals surface area contributed by atoms with E-state index in [4.69, 9.17) is 9.84 Å². The minimum absolute atomic E-state index is 0.164. The van der Waals surface area contributed by atoms with Gasteiger partial charge in [0.25, 0.3) is 0 Å². The highest BCUT2D eigenvalue weighted by atomic mass is 32.1. The number of hydrogen-bond donors (Lipinski definition) is 1. The Morgan fingerprint density at radius 3 is 2.68 bits per heavy atom. The quantitative estimate of drug-likeness (QED) is 0.931. The molecule has 1 aromatic rings. The number of hydrogen-bond acceptors (Lipinski definition) is 4. The number of carboxylic acid groups (broad SMARTS) is 1. The van der Waals surface area contributed by atoms with Crippen molar-refractivity contribution >= 4 is 17.3 Å². The van der Waals surface area contributed by atoms with Gasteiger partial charge in [-0.05, 0) is 19.3 Å². The van der Waals surface area contributed by atoms with Crippen LogP contribution in [0.3, 0.4) is 0 Å². The summed E-state index contributed by atoms with van der Waals surface area (Å²) in [6.45, 7) is 0.591. The van der Waals surface area contributed by atoms with E-state index in [-0.39, 0.29) is 17.5 Å². The Hall–Kier alpha value is -1.15. The fraction of sp³-hybridized carbons (Fsp3) is 0.636. The molecule has 0 amide bonds. The highest BCUT2D eigenvalue weighted by Gasteiger charge is 2.39. The Morgan fingerprint density at radius 1 is 1.47 bits per heavy atom. The smallest absolute Gasteiger partial charge is 0.435 e. The van der Waals surface area contributed by atoms with Gasteiger partial charge in [-0.1, -0.05) is 0 Å². The molecule has 0 bridgehead atoms. The standard InChI is InChI=1S/C11H12F3NO3S/c12-11(13,14)9-8(10(16)17)19-7(15-9)5-6-3-1-2-4-18-6/h6H,1-5H2,(H,16,17). The second kappa shape index (κ2) is 5.46. The molecule has 2 rings (SSSR count). The molecule has 1 aliphatic rings. The van der Waals surface area contributed by atoms with Crippen molar-refractivity contribution in [1.82, 2.24) is 4.98 Å². The zero-order chi connectivity index (χ0) is 14.0. The van der Waals surface area contributed by atoms with Gasteiger partial charge in [-0.15, -0.1) is 11.3 Å². The minimum Gasteiger partial charge on any atom is -0.477 e. The molecular weight excluding hydrogens is 283 g/mol. The number of halogens is 3. The molecule has 1 unspecified atom stereocenters. The average molecular weight is 295 g/mol. The first-order chi connectivity index (χ1) is 8.88. The van der Waals surface area contributed by atoms with Gasteiger partial charge in [0.1, 0.15) is 4.88 Å². The highest BCUT2D eigenvalue weighted by molar-refractivity contribution is 7.13. The van der Waals surface area contributed by atoms with Crippen LogP contribution in [0.2, 0.25) is 0 Å². The first-order valence-electron chi connectivity index (χ1n) is 5.79. The van der Waals surface area contributed by atoms with Crippen LogP contribution >= 0.6 is 11.3 Å². The molecule has 0 spiro atoms. The van der Waals surface area contributed by atoms with E-state index in [9.17, 15) is 18.0 Å². The third kappa shape index (κ3) is 3.44. The van der Waals surface area contributed by atoms with Gasteiger partial charge in [0.2, 0.25) is 0 Å². The van der Waals surface area contributed by atoms with Gasteiger partial charge in [0.15, 0.2) is 5.69 Å². The number of ether oxygens (including phenoxy) is 1. The first-order valence-corrected chi connectivity index (χ1v) is 6.61. The topological polar surface area (TPSA) is 59.4 Å². The fourth-order valence-electron chi connectivity index (χ4n) is 1.95. The van der Waals surface area contributed by atoms with Crippen LogP contribution in [0.5, 0.6) is 0 Å². The van der Waals surface area contributed by atoms with Gasteiger partial charge < -0.3 is 9.84 Å². The van der Waals surface area contributed by atoms with E-state index in [1.807, 2.05) is 0 Å². The van der Waals surface area contributed by atoms with E-state index < -0.39 is 22.7 Å². The van der Waals surface area contributed by atoms with Crippen LogP contribution in [0, 0.1) is 0 Å². The Kier molecular flexibility index (Phi) is 4.10. The maximum Gasteiger partial charge on any atom is 0.435 e. The summed E-state index contributed by atoms with van der Waals surface area (Å²) in [4.78, 5) is 13.5. The SMILES string of the molecule is O=C(O)c1sc(CC2CCCCO2)nc1C(F)(F)F. The Morgan fingerprint density at radius 2 is 2.21 bits per heavy atom. The maximum absolute atomic E-state index is 12.7. The Labute approximate surface area is 111 Å². The van der Waals surface area contributed by atoms with Gasteiger partial charge in [-0.2, -0.15) is 13.2 Å². The molecule has 1 fully saturated rings. The van der Waals surface area contributed by atoms with E-state index in [0.717, 1.165) is 19.3 Å². The number of nitrogens with zero attached hydrogens (tertiary/aromatic N) is 1. The van der Waals surface area contributed by atoms with E-state index in [1.54, 1.807) is 0 Å². The van der Waals surface area contributed by atoms with Gasteiger partial charge in [-0.3, -0.25) is 0 Å². The van der Waals surface area contributed by atoms with Crippen LogP contribution in [0.25, 0.3) is 0 Å². The van der Waals surface area contributed by atoms with Crippen molar-refractivity contribution in [2.45, 2.75) is 38.0 Å². The van der Waals surface area contributed by atoms with E-state index in [2.05, 4.69) is 4.98 Å². The van der Waals surface area contributed by atoms with E-state index in [0.29, 0.717) is 17.9 Å². The van der Waals surface area contributed by atoms with Crippen molar-refractivity contribution < 1.29 is 27.8 Å². The lowest BCUT2D eigenvalue weighted by atomic mass is 10.1. The number of alkyl halides is 3. The molecule has 106 valence electrons. The molecule has 4 nitrogen and oxygen atoms in total.